The lowest BCUT2D eigenvalue weighted by Crippen LogP contribution is -2.05. The van der Waals surface area contributed by atoms with Gasteiger partial charge in [-0.3, -0.25) is 9.79 Å². The minimum absolute atomic E-state index is 0.190. The molecule has 0 bridgehead atoms. The first-order valence-corrected chi connectivity index (χ1v) is 5.45. The van der Waals surface area contributed by atoms with Crippen molar-refractivity contribution in [2.75, 3.05) is 13.2 Å². The molecule has 0 fully saturated rings. The van der Waals surface area contributed by atoms with E-state index in [9.17, 15) is 4.79 Å². The predicted molar refractivity (Wildman–Crippen MR) is 64.9 cm³/mol. The molecule has 0 heterocycles. The van der Waals surface area contributed by atoms with E-state index >= 15 is 0 Å². The van der Waals surface area contributed by atoms with E-state index in [4.69, 9.17) is 4.74 Å². The molecule has 0 saturated heterocycles. The van der Waals surface area contributed by atoms with E-state index in [-0.39, 0.29) is 5.97 Å². The number of carbonyl (C=O) groups excluding carboxylic acids is 1. The average Bonchev–Trinajstić information content (AvgIpc) is 2.27. The monoisotopic (exact) mass is 219 g/mol. The highest BCUT2D eigenvalue weighted by molar-refractivity contribution is 5.81. The van der Waals surface area contributed by atoms with Crippen LogP contribution in [0.3, 0.4) is 0 Å². The SMILES string of the molecule is CCOC(=O)CCN=Cc1ccccc1C. The fourth-order valence-corrected chi connectivity index (χ4v) is 1.28. The Kier molecular flexibility index (Phi) is 5.26. The second-order valence-corrected chi connectivity index (χ2v) is 3.45. The molecule has 0 N–H and O–H groups in total. The van der Waals surface area contributed by atoms with Crippen LogP contribution in [0.5, 0.6) is 0 Å². The third-order valence-corrected chi connectivity index (χ3v) is 2.17. The molecule has 1 rings (SSSR count). The number of rotatable bonds is 5. The highest BCUT2D eigenvalue weighted by Gasteiger charge is 1.98. The summed E-state index contributed by atoms with van der Waals surface area (Å²) in [6.07, 6.45) is 2.14. The van der Waals surface area contributed by atoms with Crippen LogP contribution in [0.25, 0.3) is 0 Å². The van der Waals surface area contributed by atoms with Crippen molar-refractivity contribution in [2.24, 2.45) is 4.99 Å². The van der Waals surface area contributed by atoms with Gasteiger partial charge in [-0.15, -0.1) is 0 Å². The minimum atomic E-state index is -0.190. The molecule has 0 saturated carbocycles. The van der Waals surface area contributed by atoms with Gasteiger partial charge in [0, 0.05) is 12.8 Å². The van der Waals surface area contributed by atoms with E-state index in [1.165, 1.54) is 5.56 Å². The second kappa shape index (κ2) is 6.77. The van der Waals surface area contributed by atoms with Crippen LogP contribution in [-0.4, -0.2) is 25.3 Å². The molecule has 1 aromatic carbocycles. The summed E-state index contributed by atoms with van der Waals surface area (Å²) in [7, 11) is 0. The van der Waals surface area contributed by atoms with Gasteiger partial charge in [-0.1, -0.05) is 24.3 Å². The molecule has 86 valence electrons. The molecule has 0 unspecified atom stereocenters. The molecule has 0 spiro atoms. The van der Waals surface area contributed by atoms with E-state index in [1.807, 2.05) is 31.2 Å². The van der Waals surface area contributed by atoms with E-state index in [0.29, 0.717) is 19.6 Å². The molecular weight excluding hydrogens is 202 g/mol. The number of esters is 1. The van der Waals surface area contributed by atoms with Gasteiger partial charge in [0.25, 0.3) is 0 Å². The number of aryl methyl sites for hydroxylation is 1. The molecule has 0 aromatic heterocycles. The summed E-state index contributed by atoms with van der Waals surface area (Å²) in [6.45, 7) is 4.74. The van der Waals surface area contributed by atoms with Gasteiger partial charge in [0.2, 0.25) is 0 Å². The molecule has 0 atom stereocenters. The minimum Gasteiger partial charge on any atom is -0.466 e. The molecule has 0 aliphatic heterocycles. The van der Waals surface area contributed by atoms with Crippen molar-refractivity contribution in [2.45, 2.75) is 20.3 Å². The summed E-state index contributed by atoms with van der Waals surface area (Å²) in [5.74, 6) is -0.190. The van der Waals surface area contributed by atoms with Crippen molar-refractivity contribution >= 4 is 12.2 Å². The average molecular weight is 219 g/mol. The van der Waals surface area contributed by atoms with E-state index in [2.05, 4.69) is 4.99 Å². The van der Waals surface area contributed by atoms with Crippen LogP contribution < -0.4 is 0 Å². The number of nitrogens with zero attached hydrogens (tertiary/aromatic N) is 1. The molecule has 0 radical (unpaired) electrons. The summed E-state index contributed by atoms with van der Waals surface area (Å²) in [5.41, 5.74) is 2.27. The lowest BCUT2D eigenvalue weighted by atomic mass is 10.1. The molecule has 0 aliphatic carbocycles. The van der Waals surface area contributed by atoms with Crippen molar-refractivity contribution in [3.63, 3.8) is 0 Å². The van der Waals surface area contributed by atoms with Crippen LogP contribution in [-0.2, 0) is 9.53 Å². The first-order valence-electron chi connectivity index (χ1n) is 5.45. The number of aliphatic imine (C=N–C) groups is 1. The normalized spacial score (nSPS) is 10.6. The Morgan fingerprint density at radius 1 is 1.44 bits per heavy atom. The summed E-state index contributed by atoms with van der Waals surface area (Å²) in [5, 5.41) is 0. The number of carbonyl (C=O) groups is 1. The van der Waals surface area contributed by atoms with E-state index < -0.39 is 0 Å². The van der Waals surface area contributed by atoms with Gasteiger partial charge in [0.15, 0.2) is 0 Å². The molecule has 3 heteroatoms. The zero-order valence-electron chi connectivity index (χ0n) is 9.77. The molecule has 16 heavy (non-hydrogen) atoms. The first kappa shape index (κ1) is 12.4. The van der Waals surface area contributed by atoms with Crippen LogP contribution in [0, 0.1) is 6.92 Å². The molecule has 3 nitrogen and oxygen atoms in total. The predicted octanol–water partition coefficient (Wildman–Crippen LogP) is 2.37. The van der Waals surface area contributed by atoms with Gasteiger partial charge < -0.3 is 4.74 Å². The Labute approximate surface area is 96.2 Å². The van der Waals surface area contributed by atoms with E-state index in [1.54, 1.807) is 13.1 Å². The first-order chi connectivity index (χ1) is 7.74. The lowest BCUT2D eigenvalue weighted by molar-refractivity contribution is -0.142. The zero-order valence-corrected chi connectivity index (χ0v) is 9.77. The largest absolute Gasteiger partial charge is 0.466 e. The molecule has 0 aliphatic rings. The van der Waals surface area contributed by atoms with Crippen molar-refractivity contribution in [3.05, 3.63) is 35.4 Å². The zero-order chi connectivity index (χ0) is 11.8. The van der Waals surface area contributed by atoms with Crippen LogP contribution in [0.2, 0.25) is 0 Å². The van der Waals surface area contributed by atoms with Crippen LogP contribution in [0.1, 0.15) is 24.5 Å². The van der Waals surface area contributed by atoms with Crippen molar-refractivity contribution in [3.8, 4) is 0 Å². The molecular formula is C13H17NO2. The topological polar surface area (TPSA) is 38.7 Å². The maximum Gasteiger partial charge on any atom is 0.307 e. The van der Waals surface area contributed by atoms with Gasteiger partial charge >= 0.3 is 5.97 Å². The standard InChI is InChI=1S/C13H17NO2/c1-3-16-13(15)8-9-14-10-12-7-5-4-6-11(12)2/h4-7,10H,3,8-9H2,1-2H3. The highest BCUT2D eigenvalue weighted by Crippen LogP contribution is 2.03. The summed E-state index contributed by atoms with van der Waals surface area (Å²) >= 11 is 0. The van der Waals surface area contributed by atoms with Crippen LogP contribution in [0.15, 0.2) is 29.3 Å². The van der Waals surface area contributed by atoms with Gasteiger partial charge in [0.1, 0.15) is 0 Å². The van der Waals surface area contributed by atoms with Crippen molar-refractivity contribution in [1.82, 2.24) is 0 Å². The number of benzene rings is 1. The quantitative estimate of drug-likeness (QED) is 0.563. The third-order valence-electron chi connectivity index (χ3n) is 2.17. The highest BCUT2D eigenvalue weighted by atomic mass is 16.5. The van der Waals surface area contributed by atoms with Crippen LogP contribution >= 0.6 is 0 Å². The Morgan fingerprint density at radius 3 is 2.88 bits per heavy atom. The number of ether oxygens (including phenoxy) is 1. The lowest BCUT2D eigenvalue weighted by Gasteiger charge is -1.99. The fourth-order valence-electron chi connectivity index (χ4n) is 1.28. The second-order valence-electron chi connectivity index (χ2n) is 3.45. The summed E-state index contributed by atoms with van der Waals surface area (Å²) in [4.78, 5) is 15.2. The third kappa shape index (κ3) is 4.26. The van der Waals surface area contributed by atoms with Crippen LogP contribution in [0.4, 0.5) is 0 Å². The maximum atomic E-state index is 11.0. The van der Waals surface area contributed by atoms with Gasteiger partial charge in [-0.25, -0.2) is 0 Å². The Morgan fingerprint density at radius 2 is 2.19 bits per heavy atom. The van der Waals surface area contributed by atoms with Crippen molar-refractivity contribution < 1.29 is 9.53 Å². The maximum absolute atomic E-state index is 11.0. The van der Waals surface area contributed by atoms with Crippen molar-refractivity contribution in [1.29, 1.82) is 0 Å². The van der Waals surface area contributed by atoms with E-state index in [0.717, 1.165) is 5.56 Å². The van der Waals surface area contributed by atoms with Gasteiger partial charge in [0.05, 0.1) is 13.0 Å². The smallest absolute Gasteiger partial charge is 0.307 e. The number of hydrogen-bond donors (Lipinski definition) is 0. The Balaban J connectivity index is 2.38. The summed E-state index contributed by atoms with van der Waals surface area (Å²) in [6, 6.07) is 8.00. The Hall–Kier alpha value is -1.64. The fraction of sp³-hybridized carbons (Fsp3) is 0.385. The molecule has 0 amide bonds. The molecule has 1 aromatic rings. The Bertz CT molecular complexity index is 372. The van der Waals surface area contributed by atoms with Gasteiger partial charge in [-0.2, -0.15) is 0 Å². The number of hydrogen-bond acceptors (Lipinski definition) is 3. The van der Waals surface area contributed by atoms with Gasteiger partial charge in [-0.05, 0) is 25.0 Å². The summed E-state index contributed by atoms with van der Waals surface area (Å²) < 4.78 is 4.81.